The molecule has 1 heterocycles. The standard InChI is InChI=1S/C10H11NO/c1-6-4-7(2)9-10(8(6)3)12-5-11-9/h4-5H,1-3H3. The van der Waals surface area contributed by atoms with Crippen molar-refractivity contribution < 1.29 is 4.42 Å². The first-order valence-electron chi connectivity index (χ1n) is 4.00. The molecule has 0 bridgehead atoms. The van der Waals surface area contributed by atoms with Crippen LogP contribution >= 0.6 is 0 Å². The predicted molar refractivity (Wildman–Crippen MR) is 48.2 cm³/mol. The second-order valence-electron chi connectivity index (χ2n) is 3.17. The van der Waals surface area contributed by atoms with Gasteiger partial charge in [-0.05, 0) is 37.5 Å². The molecular weight excluding hydrogens is 150 g/mol. The van der Waals surface area contributed by atoms with Crippen molar-refractivity contribution >= 4 is 11.1 Å². The molecule has 0 saturated carbocycles. The Morgan fingerprint density at radius 2 is 1.92 bits per heavy atom. The van der Waals surface area contributed by atoms with Gasteiger partial charge in [-0.15, -0.1) is 0 Å². The van der Waals surface area contributed by atoms with Gasteiger partial charge in [0.25, 0.3) is 0 Å². The summed E-state index contributed by atoms with van der Waals surface area (Å²) in [6.45, 7) is 6.20. The number of rotatable bonds is 0. The lowest BCUT2D eigenvalue weighted by Gasteiger charge is -2.01. The summed E-state index contributed by atoms with van der Waals surface area (Å²) in [7, 11) is 0. The number of oxazole rings is 1. The zero-order valence-corrected chi connectivity index (χ0v) is 7.51. The third-order valence-corrected chi connectivity index (χ3v) is 2.31. The minimum absolute atomic E-state index is 0.924. The molecule has 0 saturated heterocycles. The van der Waals surface area contributed by atoms with Crippen molar-refractivity contribution in [3.63, 3.8) is 0 Å². The quantitative estimate of drug-likeness (QED) is 0.593. The normalized spacial score (nSPS) is 10.9. The molecule has 0 radical (unpaired) electrons. The van der Waals surface area contributed by atoms with Gasteiger partial charge >= 0.3 is 0 Å². The number of fused-ring (bicyclic) bond motifs is 1. The lowest BCUT2D eigenvalue weighted by molar-refractivity contribution is 0.599. The molecule has 0 fully saturated rings. The fourth-order valence-corrected chi connectivity index (χ4v) is 1.47. The highest BCUT2D eigenvalue weighted by Crippen LogP contribution is 2.23. The van der Waals surface area contributed by atoms with Crippen LogP contribution in [0.1, 0.15) is 16.7 Å². The van der Waals surface area contributed by atoms with Crippen LogP contribution in [0.25, 0.3) is 11.1 Å². The zero-order chi connectivity index (χ0) is 8.72. The molecule has 1 aromatic carbocycles. The first-order valence-corrected chi connectivity index (χ1v) is 4.00. The van der Waals surface area contributed by atoms with Crippen molar-refractivity contribution in [2.75, 3.05) is 0 Å². The van der Waals surface area contributed by atoms with Crippen LogP contribution < -0.4 is 0 Å². The maximum Gasteiger partial charge on any atom is 0.182 e. The number of benzene rings is 1. The summed E-state index contributed by atoms with van der Waals surface area (Å²) < 4.78 is 5.30. The Morgan fingerprint density at radius 3 is 2.67 bits per heavy atom. The van der Waals surface area contributed by atoms with Crippen molar-refractivity contribution in [3.05, 3.63) is 29.2 Å². The van der Waals surface area contributed by atoms with Gasteiger partial charge in [-0.25, -0.2) is 4.98 Å². The minimum atomic E-state index is 0.924. The summed E-state index contributed by atoms with van der Waals surface area (Å²) in [6, 6.07) is 2.14. The van der Waals surface area contributed by atoms with E-state index in [2.05, 4.69) is 31.8 Å². The van der Waals surface area contributed by atoms with E-state index in [0.717, 1.165) is 11.1 Å². The van der Waals surface area contributed by atoms with Crippen LogP contribution in [0.4, 0.5) is 0 Å². The Kier molecular flexibility index (Phi) is 1.43. The fourth-order valence-electron chi connectivity index (χ4n) is 1.47. The van der Waals surface area contributed by atoms with E-state index >= 15 is 0 Å². The van der Waals surface area contributed by atoms with Crippen LogP contribution in [0.3, 0.4) is 0 Å². The Bertz CT molecular complexity index is 429. The van der Waals surface area contributed by atoms with Crippen molar-refractivity contribution in [1.29, 1.82) is 0 Å². The Hall–Kier alpha value is -1.31. The highest BCUT2D eigenvalue weighted by atomic mass is 16.3. The van der Waals surface area contributed by atoms with E-state index in [1.54, 1.807) is 0 Å². The lowest BCUT2D eigenvalue weighted by atomic mass is 10.1. The SMILES string of the molecule is Cc1cc(C)c2ncoc2c1C. The van der Waals surface area contributed by atoms with E-state index in [1.165, 1.54) is 23.1 Å². The molecule has 2 heteroatoms. The van der Waals surface area contributed by atoms with Crippen molar-refractivity contribution in [2.24, 2.45) is 0 Å². The highest BCUT2D eigenvalue weighted by Gasteiger charge is 2.07. The van der Waals surface area contributed by atoms with E-state index in [4.69, 9.17) is 4.42 Å². The Morgan fingerprint density at radius 1 is 1.17 bits per heavy atom. The summed E-state index contributed by atoms with van der Waals surface area (Å²) >= 11 is 0. The number of hydrogen-bond donors (Lipinski definition) is 0. The molecule has 0 aliphatic carbocycles. The van der Waals surface area contributed by atoms with Gasteiger partial charge < -0.3 is 4.42 Å². The molecule has 0 aliphatic heterocycles. The van der Waals surface area contributed by atoms with Gasteiger partial charge in [0, 0.05) is 0 Å². The lowest BCUT2D eigenvalue weighted by Crippen LogP contribution is -1.85. The average molecular weight is 161 g/mol. The Balaban J connectivity index is 2.97. The van der Waals surface area contributed by atoms with E-state index in [-0.39, 0.29) is 0 Å². The summed E-state index contributed by atoms with van der Waals surface area (Å²) in [4.78, 5) is 4.15. The van der Waals surface area contributed by atoms with Gasteiger partial charge in [-0.3, -0.25) is 0 Å². The van der Waals surface area contributed by atoms with Crippen LogP contribution in [0.2, 0.25) is 0 Å². The largest absolute Gasteiger partial charge is 0.443 e. The van der Waals surface area contributed by atoms with Crippen molar-refractivity contribution in [2.45, 2.75) is 20.8 Å². The third-order valence-electron chi connectivity index (χ3n) is 2.31. The maximum absolute atomic E-state index is 5.30. The van der Waals surface area contributed by atoms with Crippen LogP contribution in [0.5, 0.6) is 0 Å². The van der Waals surface area contributed by atoms with E-state index in [1.807, 2.05) is 0 Å². The molecule has 2 rings (SSSR count). The number of hydrogen-bond acceptors (Lipinski definition) is 2. The Labute approximate surface area is 71.2 Å². The molecule has 2 aromatic rings. The van der Waals surface area contributed by atoms with Gasteiger partial charge in [0.15, 0.2) is 12.0 Å². The molecule has 0 aliphatic rings. The number of aromatic nitrogens is 1. The fraction of sp³-hybridized carbons (Fsp3) is 0.300. The number of aryl methyl sites for hydroxylation is 3. The molecule has 0 N–H and O–H groups in total. The predicted octanol–water partition coefficient (Wildman–Crippen LogP) is 2.75. The monoisotopic (exact) mass is 161 g/mol. The molecule has 0 spiro atoms. The highest BCUT2D eigenvalue weighted by molar-refractivity contribution is 5.80. The van der Waals surface area contributed by atoms with Gasteiger partial charge in [-0.1, -0.05) is 6.07 Å². The van der Waals surface area contributed by atoms with Gasteiger partial charge in [0.2, 0.25) is 0 Å². The second kappa shape index (κ2) is 2.34. The molecule has 62 valence electrons. The number of nitrogens with zero attached hydrogens (tertiary/aromatic N) is 1. The van der Waals surface area contributed by atoms with Gasteiger partial charge in [-0.2, -0.15) is 0 Å². The molecule has 0 amide bonds. The van der Waals surface area contributed by atoms with Crippen molar-refractivity contribution in [3.8, 4) is 0 Å². The topological polar surface area (TPSA) is 26.0 Å². The molecular formula is C10H11NO. The molecule has 2 nitrogen and oxygen atoms in total. The van der Waals surface area contributed by atoms with Crippen LogP contribution in [0, 0.1) is 20.8 Å². The molecule has 1 aromatic heterocycles. The summed E-state index contributed by atoms with van der Waals surface area (Å²) in [5.41, 5.74) is 5.54. The van der Waals surface area contributed by atoms with E-state index in [9.17, 15) is 0 Å². The van der Waals surface area contributed by atoms with E-state index < -0.39 is 0 Å². The summed E-state index contributed by atoms with van der Waals surface area (Å²) in [5.74, 6) is 0. The van der Waals surface area contributed by atoms with Crippen LogP contribution in [-0.2, 0) is 0 Å². The summed E-state index contributed by atoms with van der Waals surface area (Å²) in [5, 5.41) is 0. The molecule has 0 unspecified atom stereocenters. The van der Waals surface area contributed by atoms with E-state index in [0.29, 0.717) is 0 Å². The van der Waals surface area contributed by atoms with Crippen molar-refractivity contribution in [1.82, 2.24) is 4.98 Å². The summed E-state index contributed by atoms with van der Waals surface area (Å²) in [6.07, 6.45) is 1.50. The first kappa shape index (κ1) is 7.35. The maximum atomic E-state index is 5.30. The molecule has 0 atom stereocenters. The second-order valence-corrected chi connectivity index (χ2v) is 3.17. The van der Waals surface area contributed by atoms with Crippen LogP contribution in [-0.4, -0.2) is 4.98 Å². The minimum Gasteiger partial charge on any atom is -0.443 e. The molecule has 12 heavy (non-hydrogen) atoms. The average Bonchev–Trinajstić information content (AvgIpc) is 2.48. The zero-order valence-electron chi connectivity index (χ0n) is 7.51. The van der Waals surface area contributed by atoms with Gasteiger partial charge in [0.1, 0.15) is 5.52 Å². The van der Waals surface area contributed by atoms with Gasteiger partial charge in [0.05, 0.1) is 0 Å². The van der Waals surface area contributed by atoms with Crippen LogP contribution in [0.15, 0.2) is 16.9 Å². The smallest absolute Gasteiger partial charge is 0.182 e. The first-order chi connectivity index (χ1) is 5.70. The third kappa shape index (κ3) is 0.843.